The topological polar surface area (TPSA) is 44.7 Å². The fourth-order valence-corrected chi connectivity index (χ4v) is 8.71. The number of fused-ring (bicyclic) bond motifs is 1. The third kappa shape index (κ3) is 5.65. The van der Waals surface area contributed by atoms with Crippen molar-refractivity contribution < 1.29 is 4.74 Å². The van der Waals surface area contributed by atoms with Gasteiger partial charge in [-0.1, -0.05) is 0 Å². The zero-order valence-corrected chi connectivity index (χ0v) is 22.4. The van der Waals surface area contributed by atoms with E-state index in [9.17, 15) is 0 Å². The third-order valence-electron chi connectivity index (χ3n) is 6.20. The van der Waals surface area contributed by atoms with Gasteiger partial charge in [0.05, 0.1) is 0 Å². The molecule has 0 saturated carbocycles. The molecule has 0 amide bonds. The molecule has 2 aromatic heterocycles. The van der Waals surface area contributed by atoms with Crippen LogP contribution in [0.2, 0.25) is 4.44 Å². The third-order valence-corrected chi connectivity index (χ3v) is 10.6. The van der Waals surface area contributed by atoms with E-state index < -0.39 is 21.1 Å². The zero-order chi connectivity index (χ0) is 20.9. The van der Waals surface area contributed by atoms with E-state index in [2.05, 4.69) is 41.8 Å². The number of thiophene rings is 1. The van der Waals surface area contributed by atoms with E-state index in [4.69, 9.17) is 14.7 Å². The van der Waals surface area contributed by atoms with Crippen molar-refractivity contribution in [2.24, 2.45) is 0 Å². The van der Waals surface area contributed by atoms with Gasteiger partial charge in [-0.15, -0.1) is 0 Å². The van der Waals surface area contributed by atoms with Crippen LogP contribution in [0.1, 0.15) is 37.5 Å². The summed E-state index contributed by atoms with van der Waals surface area (Å²) >= 11 is 1.22. The summed E-state index contributed by atoms with van der Waals surface area (Å²) in [6.45, 7) is 9.19. The number of aromatic nitrogens is 2. The van der Waals surface area contributed by atoms with Crippen molar-refractivity contribution in [2.75, 3.05) is 58.4 Å². The normalized spacial score (nSPS) is 19.3. The number of morpholine rings is 1. The van der Waals surface area contributed by atoms with Gasteiger partial charge in [0.1, 0.15) is 0 Å². The Morgan fingerprint density at radius 1 is 1.17 bits per heavy atom. The fraction of sp³-hybridized carbons (Fsp3) is 0.727. The van der Waals surface area contributed by atoms with Crippen molar-refractivity contribution >= 4 is 52.4 Å². The monoisotopic (exact) mass is 537 g/mol. The van der Waals surface area contributed by atoms with Crippen molar-refractivity contribution in [2.45, 2.75) is 49.6 Å². The van der Waals surface area contributed by atoms with Crippen molar-refractivity contribution in [3.05, 3.63) is 10.9 Å². The molecule has 0 aromatic carbocycles. The van der Waals surface area contributed by atoms with Gasteiger partial charge >= 0.3 is 196 Å². The molecule has 4 heterocycles. The summed E-state index contributed by atoms with van der Waals surface area (Å²) in [6.07, 6.45) is 5.13. The van der Waals surface area contributed by atoms with Gasteiger partial charge in [-0.25, -0.2) is 0 Å². The average molecular weight is 536 g/mol. The van der Waals surface area contributed by atoms with Crippen LogP contribution in [0, 0.1) is 0 Å². The molecule has 2 fully saturated rings. The van der Waals surface area contributed by atoms with E-state index in [0.717, 1.165) is 38.9 Å². The van der Waals surface area contributed by atoms with Crippen molar-refractivity contribution in [3.63, 3.8) is 0 Å². The molecule has 2 saturated heterocycles. The van der Waals surface area contributed by atoms with Crippen LogP contribution in [0.3, 0.4) is 0 Å². The number of piperidine rings is 1. The average Bonchev–Trinajstić information content (AvgIpc) is 3.16. The number of rotatable bonds is 8. The summed E-state index contributed by atoms with van der Waals surface area (Å²) in [5.41, 5.74) is 1.18. The molecule has 0 N–H and O–H groups in total. The van der Waals surface area contributed by atoms with Gasteiger partial charge in [-0.3, -0.25) is 0 Å². The zero-order valence-electron chi connectivity index (χ0n) is 18.7. The number of hydrogen-bond donors (Lipinski definition) is 0. The fourth-order valence-electron chi connectivity index (χ4n) is 4.30. The summed E-state index contributed by atoms with van der Waals surface area (Å²) in [4.78, 5) is 19.0. The Morgan fingerprint density at radius 3 is 2.63 bits per heavy atom. The number of ether oxygens (including phenoxy) is 1. The van der Waals surface area contributed by atoms with Crippen molar-refractivity contribution in [3.8, 4) is 0 Å². The molecule has 2 aliphatic heterocycles. The Kier molecular flexibility index (Phi) is 8.25. The molecular weight excluding hydrogens is 501 g/mol. The molecule has 2 aromatic rings. The second-order valence-corrected chi connectivity index (χ2v) is 13.5. The van der Waals surface area contributed by atoms with E-state index in [1.54, 1.807) is 0 Å². The molecule has 0 bridgehead atoms. The van der Waals surface area contributed by atoms with Gasteiger partial charge in [0, 0.05) is 0 Å². The number of hydrogen-bond acceptors (Lipinski definition) is 7. The van der Waals surface area contributed by atoms with Gasteiger partial charge in [0.2, 0.25) is 0 Å². The van der Waals surface area contributed by atoms with E-state index in [1.807, 2.05) is 11.3 Å². The maximum absolute atomic E-state index is 5.59. The predicted octanol–water partition coefficient (Wildman–Crippen LogP) is 2.60. The van der Waals surface area contributed by atoms with E-state index in [0.29, 0.717) is 0 Å². The van der Waals surface area contributed by atoms with E-state index in [1.165, 1.54) is 68.0 Å². The summed E-state index contributed by atoms with van der Waals surface area (Å²) in [5, 5.41) is 0. The molecular formula is C22H35N5OSSn. The molecule has 4 rings (SSSR count). The molecule has 0 aliphatic carbocycles. The summed E-state index contributed by atoms with van der Waals surface area (Å²) in [7, 11) is 4.42. The number of likely N-dealkylation sites (tertiary alicyclic amines) is 1. The summed E-state index contributed by atoms with van der Waals surface area (Å²) in [6, 6.07) is 3.09. The standard InChI is InChI=1S/C18H26N5OS.C4H9.Sn/c1-21(2)14-3-5-22(6-4-14)12-15-11-16-17(25-15)18(20-13-19-16)23-7-9-24-10-8-23;1-3-4-2;/h11,14H,3-10,12H2,1-2H3;1,3-4H2,2H3;. The number of anilines is 1. The SMILES string of the molecule is CCC[CH2][Sn][c]1nc(N2CCOCC2)c2sc(CN3CCC(N(C)C)CC3)cc2n1. The van der Waals surface area contributed by atoms with Gasteiger partial charge in [-0.05, 0) is 0 Å². The molecule has 8 heteroatoms. The second-order valence-electron chi connectivity index (χ2n) is 8.65. The molecule has 2 radical (unpaired) electrons. The van der Waals surface area contributed by atoms with Crippen LogP contribution in [-0.4, -0.2) is 100 Å². The predicted molar refractivity (Wildman–Crippen MR) is 128 cm³/mol. The van der Waals surface area contributed by atoms with Gasteiger partial charge < -0.3 is 0 Å². The maximum atomic E-state index is 5.59. The second kappa shape index (κ2) is 10.9. The first-order chi connectivity index (χ1) is 14.6. The van der Waals surface area contributed by atoms with Crippen molar-refractivity contribution in [1.82, 2.24) is 19.8 Å². The Bertz CT molecular complexity index is 815. The first-order valence-electron chi connectivity index (χ1n) is 11.4. The molecule has 164 valence electrons. The number of unbranched alkanes of at least 4 members (excludes halogenated alkanes) is 1. The molecule has 0 atom stereocenters. The van der Waals surface area contributed by atoms with Crippen LogP contribution in [0.15, 0.2) is 6.07 Å². The van der Waals surface area contributed by atoms with Gasteiger partial charge in [0.25, 0.3) is 0 Å². The minimum absolute atomic E-state index is 0.694. The molecule has 0 spiro atoms. The molecule has 2 aliphatic rings. The molecule has 30 heavy (non-hydrogen) atoms. The van der Waals surface area contributed by atoms with Crippen LogP contribution in [-0.2, 0) is 11.3 Å². The minimum atomic E-state index is -0.694. The Morgan fingerprint density at radius 2 is 1.93 bits per heavy atom. The first kappa shape index (κ1) is 22.7. The summed E-state index contributed by atoms with van der Waals surface area (Å²) < 4.78 is 9.40. The molecule has 6 nitrogen and oxygen atoms in total. The van der Waals surface area contributed by atoms with E-state index in [-0.39, 0.29) is 0 Å². The number of nitrogens with zero attached hydrogens (tertiary/aromatic N) is 5. The Labute approximate surface area is 195 Å². The Balaban J connectivity index is 1.53. The van der Waals surface area contributed by atoms with Gasteiger partial charge in [0.15, 0.2) is 0 Å². The van der Waals surface area contributed by atoms with E-state index >= 15 is 0 Å². The quantitative estimate of drug-likeness (QED) is 0.382. The first-order valence-corrected chi connectivity index (χ1v) is 15.7. The molecule has 0 unspecified atom stereocenters. The van der Waals surface area contributed by atoms with Gasteiger partial charge in [-0.2, -0.15) is 0 Å². The van der Waals surface area contributed by atoms with Crippen LogP contribution in [0.25, 0.3) is 10.2 Å². The van der Waals surface area contributed by atoms with Crippen LogP contribution >= 0.6 is 11.3 Å². The Hall–Kier alpha value is -0.481. The van der Waals surface area contributed by atoms with Crippen LogP contribution in [0.5, 0.6) is 0 Å². The summed E-state index contributed by atoms with van der Waals surface area (Å²) in [5.74, 6) is 1.18. The van der Waals surface area contributed by atoms with Crippen LogP contribution in [0.4, 0.5) is 5.82 Å². The van der Waals surface area contributed by atoms with Crippen molar-refractivity contribution in [1.29, 1.82) is 0 Å². The van der Waals surface area contributed by atoms with Crippen LogP contribution < -0.4 is 8.74 Å².